The van der Waals surface area contributed by atoms with Gasteiger partial charge in [0, 0.05) is 41.4 Å². The van der Waals surface area contributed by atoms with E-state index in [0.717, 1.165) is 17.9 Å². The zero-order valence-corrected chi connectivity index (χ0v) is 11.5. The summed E-state index contributed by atoms with van der Waals surface area (Å²) in [4.78, 5) is 12.9. The first-order chi connectivity index (χ1) is 8.92. The van der Waals surface area contributed by atoms with Gasteiger partial charge in [0.15, 0.2) is 5.65 Å². The number of hydrogen-bond acceptors (Lipinski definition) is 6. The van der Waals surface area contributed by atoms with Gasteiger partial charge in [-0.3, -0.25) is 4.98 Å². The average Bonchev–Trinajstić information content (AvgIpc) is 2.46. The fourth-order valence-corrected chi connectivity index (χ4v) is 4.44. The van der Waals surface area contributed by atoms with Crippen molar-refractivity contribution in [3.05, 3.63) is 24.5 Å². The molecule has 0 amide bonds. The predicted octanol–water partition coefficient (Wildman–Crippen LogP) is 2.29. The number of nitrogens with one attached hydrogen (secondary N) is 1. The van der Waals surface area contributed by atoms with Crippen molar-refractivity contribution in [2.45, 2.75) is 5.25 Å². The Bertz CT molecular complexity index is 528. The second kappa shape index (κ2) is 5.75. The molecular weight excluding hydrogens is 264 g/mol. The highest BCUT2D eigenvalue weighted by Gasteiger charge is 2.14. The summed E-state index contributed by atoms with van der Waals surface area (Å²) in [6.07, 6.45) is 3.36. The number of anilines is 1. The number of hydrogen-bond donors (Lipinski definition) is 1. The molecule has 3 heterocycles. The van der Waals surface area contributed by atoms with Crippen molar-refractivity contribution in [1.82, 2.24) is 15.0 Å². The van der Waals surface area contributed by atoms with Crippen molar-refractivity contribution in [3.8, 4) is 0 Å². The van der Waals surface area contributed by atoms with Crippen LogP contribution >= 0.6 is 23.5 Å². The van der Waals surface area contributed by atoms with E-state index in [1.54, 1.807) is 12.4 Å². The Morgan fingerprint density at radius 2 is 2.17 bits per heavy atom. The van der Waals surface area contributed by atoms with E-state index < -0.39 is 0 Å². The van der Waals surface area contributed by atoms with Crippen molar-refractivity contribution in [2.75, 3.05) is 29.1 Å². The summed E-state index contributed by atoms with van der Waals surface area (Å²) in [6, 6.07) is 3.93. The minimum absolute atomic E-state index is 0.683. The molecule has 0 bridgehead atoms. The lowest BCUT2D eigenvalue weighted by Crippen LogP contribution is -2.23. The van der Waals surface area contributed by atoms with E-state index in [-0.39, 0.29) is 0 Å². The normalized spacial score (nSPS) is 19.9. The van der Waals surface area contributed by atoms with E-state index >= 15 is 0 Å². The Labute approximate surface area is 114 Å². The van der Waals surface area contributed by atoms with Gasteiger partial charge >= 0.3 is 0 Å². The summed E-state index contributed by atoms with van der Waals surface area (Å²) in [5.41, 5.74) is 1.54. The Kier molecular flexibility index (Phi) is 3.85. The molecule has 2 aromatic heterocycles. The topological polar surface area (TPSA) is 50.7 Å². The van der Waals surface area contributed by atoms with Gasteiger partial charge in [0.05, 0.1) is 0 Å². The van der Waals surface area contributed by atoms with Crippen LogP contribution in [0.2, 0.25) is 0 Å². The van der Waals surface area contributed by atoms with Crippen molar-refractivity contribution in [3.63, 3.8) is 0 Å². The third kappa shape index (κ3) is 2.87. The Hall–Kier alpha value is -1.01. The summed E-state index contributed by atoms with van der Waals surface area (Å²) in [5.74, 6) is 4.66. The molecule has 1 atom stereocenters. The zero-order valence-electron chi connectivity index (χ0n) is 9.87. The highest BCUT2D eigenvalue weighted by Crippen LogP contribution is 2.24. The summed E-state index contributed by atoms with van der Waals surface area (Å²) in [6.45, 7) is 0.969. The number of aromatic nitrogens is 3. The first-order valence-electron chi connectivity index (χ1n) is 5.93. The van der Waals surface area contributed by atoms with E-state index in [1.807, 2.05) is 35.7 Å². The van der Waals surface area contributed by atoms with E-state index in [2.05, 4.69) is 20.3 Å². The van der Waals surface area contributed by atoms with Gasteiger partial charge in [0.1, 0.15) is 11.3 Å². The van der Waals surface area contributed by atoms with Crippen LogP contribution in [-0.4, -0.2) is 44.0 Å². The molecule has 0 aromatic carbocycles. The van der Waals surface area contributed by atoms with E-state index in [0.29, 0.717) is 10.9 Å². The number of thioether (sulfide) groups is 2. The third-order valence-corrected chi connectivity index (χ3v) is 5.57. The van der Waals surface area contributed by atoms with Gasteiger partial charge in [0.2, 0.25) is 0 Å². The zero-order chi connectivity index (χ0) is 12.2. The molecule has 0 saturated carbocycles. The van der Waals surface area contributed by atoms with Gasteiger partial charge in [-0.2, -0.15) is 23.5 Å². The standard InChI is InChI=1S/C12H14N4S2/c1-2-11(15-7-9-8-17-5-6-18-9)16-12-10(1)13-3-4-14-12/h1-4,9H,5-8H2,(H,14,15,16). The summed E-state index contributed by atoms with van der Waals surface area (Å²) >= 11 is 4.08. The molecule has 94 valence electrons. The van der Waals surface area contributed by atoms with Crippen LogP contribution < -0.4 is 5.32 Å². The molecule has 1 saturated heterocycles. The van der Waals surface area contributed by atoms with Crippen LogP contribution in [0.4, 0.5) is 5.82 Å². The van der Waals surface area contributed by atoms with Gasteiger partial charge in [-0.05, 0) is 12.1 Å². The van der Waals surface area contributed by atoms with Crippen molar-refractivity contribution >= 4 is 40.5 Å². The smallest absolute Gasteiger partial charge is 0.180 e. The lowest BCUT2D eigenvalue weighted by Gasteiger charge is -2.21. The maximum Gasteiger partial charge on any atom is 0.180 e. The van der Waals surface area contributed by atoms with Gasteiger partial charge < -0.3 is 5.32 Å². The van der Waals surface area contributed by atoms with Crippen LogP contribution in [0.3, 0.4) is 0 Å². The molecule has 0 aliphatic carbocycles. The number of fused-ring (bicyclic) bond motifs is 1. The summed E-state index contributed by atoms with van der Waals surface area (Å²) in [5, 5.41) is 4.08. The van der Waals surface area contributed by atoms with Crippen LogP contribution in [0, 0.1) is 0 Å². The second-order valence-corrected chi connectivity index (χ2v) is 6.60. The van der Waals surface area contributed by atoms with E-state index in [4.69, 9.17) is 0 Å². The maximum absolute atomic E-state index is 4.46. The van der Waals surface area contributed by atoms with Gasteiger partial charge in [0.25, 0.3) is 0 Å². The molecular formula is C12H14N4S2. The Balaban J connectivity index is 1.66. The highest BCUT2D eigenvalue weighted by molar-refractivity contribution is 8.06. The first kappa shape index (κ1) is 12.0. The minimum atomic E-state index is 0.683. The van der Waals surface area contributed by atoms with Crippen molar-refractivity contribution < 1.29 is 0 Å². The lowest BCUT2D eigenvalue weighted by atomic mass is 10.4. The molecule has 1 aliphatic heterocycles. The molecule has 1 fully saturated rings. The first-order valence-corrected chi connectivity index (χ1v) is 8.13. The predicted molar refractivity (Wildman–Crippen MR) is 79.4 cm³/mol. The molecule has 1 unspecified atom stereocenters. The molecule has 0 radical (unpaired) electrons. The third-order valence-electron chi connectivity index (χ3n) is 2.73. The average molecular weight is 278 g/mol. The monoisotopic (exact) mass is 278 g/mol. The lowest BCUT2D eigenvalue weighted by molar-refractivity contribution is 0.994. The van der Waals surface area contributed by atoms with Crippen LogP contribution in [0.1, 0.15) is 0 Å². The van der Waals surface area contributed by atoms with E-state index in [1.165, 1.54) is 17.3 Å². The van der Waals surface area contributed by atoms with Crippen molar-refractivity contribution in [1.29, 1.82) is 0 Å². The number of nitrogens with zero attached hydrogens (tertiary/aromatic N) is 3. The molecule has 6 heteroatoms. The molecule has 3 rings (SSSR count). The fraction of sp³-hybridized carbons (Fsp3) is 0.417. The van der Waals surface area contributed by atoms with Crippen LogP contribution in [0.5, 0.6) is 0 Å². The largest absolute Gasteiger partial charge is 0.369 e. The number of pyridine rings is 1. The summed E-state index contributed by atoms with van der Waals surface area (Å²) in [7, 11) is 0. The quantitative estimate of drug-likeness (QED) is 0.929. The molecule has 2 aromatic rings. The van der Waals surface area contributed by atoms with Crippen LogP contribution in [0.15, 0.2) is 24.5 Å². The Morgan fingerprint density at radius 1 is 1.22 bits per heavy atom. The van der Waals surface area contributed by atoms with Gasteiger partial charge in [-0.25, -0.2) is 9.97 Å². The Morgan fingerprint density at radius 3 is 3.06 bits per heavy atom. The van der Waals surface area contributed by atoms with Crippen LogP contribution in [-0.2, 0) is 0 Å². The molecule has 0 spiro atoms. The maximum atomic E-state index is 4.46. The van der Waals surface area contributed by atoms with Crippen molar-refractivity contribution in [2.24, 2.45) is 0 Å². The fourth-order valence-electron chi connectivity index (χ4n) is 1.83. The SMILES string of the molecule is c1cnc2nc(NCC3CSCCS3)ccc2n1. The van der Waals surface area contributed by atoms with E-state index in [9.17, 15) is 0 Å². The highest BCUT2D eigenvalue weighted by atomic mass is 32.2. The number of rotatable bonds is 3. The van der Waals surface area contributed by atoms with Crippen LogP contribution in [0.25, 0.3) is 11.2 Å². The molecule has 1 aliphatic rings. The molecule has 1 N–H and O–H groups in total. The summed E-state index contributed by atoms with van der Waals surface area (Å²) < 4.78 is 0. The minimum Gasteiger partial charge on any atom is -0.369 e. The van der Waals surface area contributed by atoms with Gasteiger partial charge in [-0.15, -0.1) is 0 Å². The molecule has 18 heavy (non-hydrogen) atoms. The molecule has 4 nitrogen and oxygen atoms in total. The van der Waals surface area contributed by atoms with Gasteiger partial charge in [-0.1, -0.05) is 0 Å². The second-order valence-electron chi connectivity index (χ2n) is 4.04.